The van der Waals surface area contributed by atoms with Gasteiger partial charge in [0.1, 0.15) is 11.6 Å². The van der Waals surface area contributed by atoms with Gasteiger partial charge in [0, 0.05) is 44.3 Å². The molecule has 8 aromatic rings. The van der Waals surface area contributed by atoms with E-state index in [-0.39, 0.29) is 43.1 Å². The summed E-state index contributed by atoms with van der Waals surface area (Å²) in [5.74, 6) is 1.32. The SMILES string of the molecule is CC(C)(C)c1cc(-[n+]2[c-]n(-c3[c-]c(Oc4[c-]c5c(cc4)c4cc(F)ccc4n5-c4cc(C(C)(C)C)ccn4)cnc3)c3ccccc32)cc(C(C)(C)C)c1.[Pt]. The van der Waals surface area contributed by atoms with E-state index in [9.17, 15) is 4.39 Å². The Kier molecular flexibility index (Phi) is 9.62. The summed E-state index contributed by atoms with van der Waals surface area (Å²) in [6, 6.07) is 34.7. The van der Waals surface area contributed by atoms with Crippen LogP contribution in [0.5, 0.6) is 11.5 Å². The molecule has 8 rings (SSSR count). The Bertz CT molecular complexity index is 2690. The van der Waals surface area contributed by atoms with Crippen LogP contribution in [0.15, 0.2) is 104 Å². The van der Waals surface area contributed by atoms with Crippen molar-refractivity contribution in [2.45, 2.75) is 78.6 Å². The van der Waals surface area contributed by atoms with Gasteiger partial charge in [-0.15, -0.1) is 23.6 Å². The molecule has 55 heavy (non-hydrogen) atoms. The third-order valence-electron chi connectivity index (χ3n) is 10.0. The molecule has 8 heteroatoms. The van der Waals surface area contributed by atoms with Crippen LogP contribution < -0.4 is 9.30 Å². The fraction of sp³-hybridized carbons (Fsp3) is 0.255. The molecule has 0 fully saturated rings. The smallest absolute Gasteiger partial charge is 0.268 e. The van der Waals surface area contributed by atoms with E-state index in [1.807, 2.05) is 45.7 Å². The van der Waals surface area contributed by atoms with Gasteiger partial charge in [0.05, 0.1) is 16.7 Å². The molecule has 0 atom stereocenters. The van der Waals surface area contributed by atoms with Crippen molar-refractivity contribution >= 4 is 32.8 Å². The van der Waals surface area contributed by atoms with Crippen molar-refractivity contribution in [3.8, 4) is 28.7 Å². The van der Waals surface area contributed by atoms with Crippen molar-refractivity contribution in [1.82, 2.24) is 19.1 Å². The molecule has 4 heterocycles. The first-order chi connectivity index (χ1) is 25.5. The zero-order chi connectivity index (χ0) is 38.2. The van der Waals surface area contributed by atoms with E-state index >= 15 is 0 Å². The zero-order valence-electron chi connectivity index (χ0n) is 32.7. The fourth-order valence-electron chi connectivity index (χ4n) is 6.89. The molecule has 0 amide bonds. The minimum absolute atomic E-state index is 0. The molecule has 4 aromatic carbocycles. The Balaban J connectivity index is 0.00000465. The van der Waals surface area contributed by atoms with Gasteiger partial charge < -0.3 is 18.9 Å². The largest absolute Gasteiger partial charge is 0.508 e. The number of hydrogen-bond donors (Lipinski definition) is 0. The first kappa shape index (κ1) is 38.2. The summed E-state index contributed by atoms with van der Waals surface area (Å²) in [4.78, 5) is 9.31. The van der Waals surface area contributed by atoms with E-state index in [0.29, 0.717) is 17.2 Å². The molecule has 4 aromatic heterocycles. The second-order valence-corrected chi connectivity index (χ2v) is 17.1. The van der Waals surface area contributed by atoms with Crippen LogP contribution in [0.3, 0.4) is 0 Å². The second kappa shape index (κ2) is 13.9. The number of rotatable bonds is 5. The van der Waals surface area contributed by atoms with Gasteiger partial charge in [0.2, 0.25) is 0 Å². The van der Waals surface area contributed by atoms with Crippen LogP contribution in [-0.4, -0.2) is 19.1 Å². The number of imidazole rings is 1. The number of nitrogens with zero attached hydrogens (tertiary/aromatic N) is 5. The Morgan fingerprint density at radius 1 is 0.673 bits per heavy atom. The fourth-order valence-corrected chi connectivity index (χ4v) is 6.89. The first-order valence-corrected chi connectivity index (χ1v) is 18.3. The van der Waals surface area contributed by atoms with Gasteiger partial charge in [-0.05, 0) is 92.7 Å². The molecule has 0 aliphatic heterocycles. The van der Waals surface area contributed by atoms with Crippen LogP contribution in [0.4, 0.5) is 4.39 Å². The van der Waals surface area contributed by atoms with Crippen molar-refractivity contribution < 1.29 is 34.8 Å². The summed E-state index contributed by atoms with van der Waals surface area (Å²) in [5, 5.41) is 1.62. The van der Waals surface area contributed by atoms with E-state index in [0.717, 1.165) is 49.9 Å². The van der Waals surface area contributed by atoms with Crippen LogP contribution in [0.1, 0.15) is 79.0 Å². The molecule has 0 spiro atoms. The molecule has 0 aliphatic rings. The second-order valence-electron chi connectivity index (χ2n) is 17.1. The van der Waals surface area contributed by atoms with Crippen molar-refractivity contribution in [2.75, 3.05) is 0 Å². The van der Waals surface area contributed by atoms with Crippen LogP contribution >= 0.6 is 0 Å². The molecule has 6 nitrogen and oxygen atoms in total. The van der Waals surface area contributed by atoms with Crippen LogP contribution in [0.2, 0.25) is 0 Å². The molecular formula is C47H44FN5OPt-2. The summed E-state index contributed by atoms with van der Waals surface area (Å²) in [6.45, 7) is 20.0. The summed E-state index contributed by atoms with van der Waals surface area (Å²) in [5.41, 5.74) is 8.78. The molecule has 0 unspecified atom stereocenters. The maximum atomic E-state index is 14.6. The molecule has 0 saturated heterocycles. The number of aromatic nitrogens is 5. The third kappa shape index (κ3) is 7.23. The summed E-state index contributed by atoms with van der Waals surface area (Å²) in [6.07, 6.45) is 8.84. The molecule has 282 valence electrons. The predicted octanol–water partition coefficient (Wildman–Crippen LogP) is 11.0. The van der Waals surface area contributed by atoms with Gasteiger partial charge in [-0.2, -0.15) is 6.07 Å². The van der Waals surface area contributed by atoms with Crippen LogP contribution in [0.25, 0.3) is 50.0 Å². The predicted molar refractivity (Wildman–Crippen MR) is 214 cm³/mol. The van der Waals surface area contributed by atoms with Crippen molar-refractivity contribution in [2.24, 2.45) is 0 Å². The molecule has 0 radical (unpaired) electrons. The topological polar surface area (TPSA) is 48.8 Å². The summed E-state index contributed by atoms with van der Waals surface area (Å²) >= 11 is 0. The van der Waals surface area contributed by atoms with Crippen molar-refractivity contribution in [1.29, 1.82) is 0 Å². The van der Waals surface area contributed by atoms with Crippen molar-refractivity contribution in [3.05, 3.63) is 144 Å². The van der Waals surface area contributed by atoms with Crippen molar-refractivity contribution in [3.63, 3.8) is 0 Å². The Hall–Kier alpha value is -5.13. The number of fused-ring (bicyclic) bond motifs is 4. The van der Waals surface area contributed by atoms with E-state index in [1.165, 1.54) is 17.2 Å². The maximum Gasteiger partial charge on any atom is 0.268 e. The summed E-state index contributed by atoms with van der Waals surface area (Å²) in [7, 11) is 0. The normalized spacial score (nSPS) is 12.4. The molecule has 0 bridgehead atoms. The Labute approximate surface area is 336 Å². The van der Waals surface area contributed by atoms with Gasteiger partial charge in [-0.1, -0.05) is 104 Å². The van der Waals surface area contributed by atoms with E-state index in [2.05, 4.69) is 127 Å². The number of hydrogen-bond acceptors (Lipinski definition) is 3. The summed E-state index contributed by atoms with van der Waals surface area (Å²) < 4.78 is 27.1. The Morgan fingerprint density at radius 3 is 2.09 bits per heavy atom. The van der Waals surface area contributed by atoms with Gasteiger partial charge >= 0.3 is 0 Å². The number of ether oxygens (including phenoxy) is 1. The zero-order valence-corrected chi connectivity index (χ0v) is 34.9. The average Bonchev–Trinajstić information content (AvgIpc) is 3.66. The van der Waals surface area contributed by atoms with Gasteiger partial charge in [-0.3, -0.25) is 4.57 Å². The molecule has 0 N–H and O–H groups in total. The van der Waals surface area contributed by atoms with Crippen LogP contribution in [0, 0.1) is 24.3 Å². The Morgan fingerprint density at radius 2 is 1.38 bits per heavy atom. The minimum atomic E-state index is -0.303. The quantitative estimate of drug-likeness (QED) is 0.128. The number of halogens is 1. The van der Waals surface area contributed by atoms with E-state index in [4.69, 9.17) is 9.72 Å². The van der Waals surface area contributed by atoms with E-state index in [1.54, 1.807) is 24.5 Å². The van der Waals surface area contributed by atoms with Gasteiger partial charge in [0.25, 0.3) is 6.33 Å². The molecular weight excluding hydrogens is 865 g/mol. The minimum Gasteiger partial charge on any atom is -0.508 e. The standard InChI is InChI=1S/C47H44FN5O.Pt/c1-45(2,3)30-18-19-50-44(23-30)53-40-17-14-33(48)24-39(40)38-16-15-36(26-43(38)53)54-37-25-35(27-49-28-37)52-29-51(41-12-10-11-13-42(41)52)34-21-31(46(4,5)6)20-32(22-34)47(7,8)9;/h10-24,27-28H,1-9H3;/q-2;. The maximum absolute atomic E-state index is 14.6. The molecule has 0 aliphatic carbocycles. The van der Waals surface area contributed by atoms with Gasteiger partial charge in [-0.25, -0.2) is 9.37 Å². The van der Waals surface area contributed by atoms with Gasteiger partial charge in [0.15, 0.2) is 0 Å². The molecule has 0 saturated carbocycles. The third-order valence-corrected chi connectivity index (χ3v) is 10.0. The number of benzene rings is 4. The van der Waals surface area contributed by atoms with Crippen LogP contribution in [-0.2, 0) is 37.3 Å². The first-order valence-electron chi connectivity index (χ1n) is 18.3. The number of pyridine rings is 2. The monoisotopic (exact) mass is 908 g/mol. The van der Waals surface area contributed by atoms with E-state index < -0.39 is 0 Å². The average molecular weight is 909 g/mol. The number of para-hydroxylation sites is 2.